The molecule has 3 rings (SSSR count). The van der Waals surface area contributed by atoms with Gasteiger partial charge in [0.05, 0.1) is 6.54 Å². The van der Waals surface area contributed by atoms with E-state index < -0.39 is 5.82 Å². The zero-order valence-corrected chi connectivity index (χ0v) is 13.3. The number of likely N-dealkylation sites (tertiary alicyclic amines) is 1. The second-order valence-electron chi connectivity index (χ2n) is 5.79. The fraction of sp³-hybridized carbons (Fsp3) is 0.533. The molecule has 0 aliphatic carbocycles. The number of hydrogen-bond donors (Lipinski definition) is 0. The first-order chi connectivity index (χ1) is 11.1. The third-order valence-corrected chi connectivity index (χ3v) is 3.68. The highest BCUT2D eigenvalue weighted by molar-refractivity contribution is 5.23. The van der Waals surface area contributed by atoms with Gasteiger partial charge in [-0.3, -0.25) is 4.90 Å². The molecule has 0 bridgehead atoms. The van der Waals surface area contributed by atoms with Crippen LogP contribution in [0.5, 0.6) is 5.88 Å². The van der Waals surface area contributed by atoms with Gasteiger partial charge in [-0.15, -0.1) is 0 Å². The highest BCUT2D eigenvalue weighted by Crippen LogP contribution is 2.20. The molecule has 23 heavy (non-hydrogen) atoms. The van der Waals surface area contributed by atoms with Gasteiger partial charge in [0, 0.05) is 26.8 Å². The molecule has 1 atom stereocenters. The van der Waals surface area contributed by atoms with E-state index in [1.165, 1.54) is 12.3 Å². The SMILES string of the molecule is CN(C)c1noc(CN2CCC[C@H](Oc3ncccc3F)C2)n1. The summed E-state index contributed by atoms with van der Waals surface area (Å²) in [6.45, 7) is 2.16. The van der Waals surface area contributed by atoms with E-state index in [1.807, 2.05) is 14.1 Å². The number of nitrogens with zero attached hydrogens (tertiary/aromatic N) is 5. The molecular weight excluding hydrogens is 301 g/mol. The Bertz CT molecular complexity index is 648. The Labute approximate surface area is 134 Å². The molecule has 124 valence electrons. The predicted molar refractivity (Wildman–Crippen MR) is 81.7 cm³/mol. The van der Waals surface area contributed by atoms with Crippen LogP contribution in [0, 0.1) is 5.82 Å². The van der Waals surface area contributed by atoms with Crippen molar-refractivity contribution in [1.29, 1.82) is 0 Å². The zero-order chi connectivity index (χ0) is 16.2. The smallest absolute Gasteiger partial charge is 0.265 e. The van der Waals surface area contributed by atoms with Gasteiger partial charge in [-0.05, 0) is 36.7 Å². The van der Waals surface area contributed by atoms with Crippen LogP contribution in [-0.2, 0) is 6.54 Å². The van der Waals surface area contributed by atoms with Crippen molar-refractivity contribution in [2.45, 2.75) is 25.5 Å². The van der Waals surface area contributed by atoms with Crippen molar-refractivity contribution in [3.8, 4) is 5.88 Å². The number of rotatable bonds is 5. The van der Waals surface area contributed by atoms with Crippen LogP contribution in [0.3, 0.4) is 0 Å². The van der Waals surface area contributed by atoms with Crippen LogP contribution in [0.15, 0.2) is 22.9 Å². The Morgan fingerprint density at radius 3 is 3.09 bits per heavy atom. The number of pyridine rings is 1. The van der Waals surface area contributed by atoms with E-state index in [2.05, 4.69) is 20.0 Å². The van der Waals surface area contributed by atoms with Crippen LogP contribution in [0.1, 0.15) is 18.7 Å². The number of aromatic nitrogens is 3. The lowest BCUT2D eigenvalue weighted by Crippen LogP contribution is -2.40. The molecule has 0 unspecified atom stereocenters. The first-order valence-corrected chi connectivity index (χ1v) is 7.61. The van der Waals surface area contributed by atoms with Gasteiger partial charge in [0.2, 0.25) is 5.89 Å². The van der Waals surface area contributed by atoms with E-state index in [-0.39, 0.29) is 12.0 Å². The lowest BCUT2D eigenvalue weighted by molar-refractivity contribution is 0.0715. The minimum Gasteiger partial charge on any atom is -0.471 e. The quantitative estimate of drug-likeness (QED) is 0.830. The van der Waals surface area contributed by atoms with Crippen molar-refractivity contribution in [3.63, 3.8) is 0 Å². The zero-order valence-electron chi connectivity index (χ0n) is 13.3. The van der Waals surface area contributed by atoms with Crippen LogP contribution >= 0.6 is 0 Å². The van der Waals surface area contributed by atoms with Crippen LogP contribution in [0.2, 0.25) is 0 Å². The summed E-state index contributed by atoms with van der Waals surface area (Å²) in [7, 11) is 3.72. The summed E-state index contributed by atoms with van der Waals surface area (Å²) in [6, 6.07) is 2.90. The fourth-order valence-corrected chi connectivity index (χ4v) is 2.55. The van der Waals surface area contributed by atoms with Crippen molar-refractivity contribution in [2.24, 2.45) is 0 Å². The monoisotopic (exact) mass is 321 g/mol. The second-order valence-corrected chi connectivity index (χ2v) is 5.79. The molecule has 0 saturated carbocycles. The Kier molecular flexibility index (Phi) is 4.71. The normalized spacial score (nSPS) is 18.8. The van der Waals surface area contributed by atoms with Gasteiger partial charge in [-0.25, -0.2) is 9.37 Å². The Morgan fingerprint density at radius 1 is 1.48 bits per heavy atom. The molecule has 8 heteroatoms. The maximum absolute atomic E-state index is 13.6. The summed E-state index contributed by atoms with van der Waals surface area (Å²) in [6.07, 6.45) is 3.28. The lowest BCUT2D eigenvalue weighted by atomic mass is 10.1. The summed E-state index contributed by atoms with van der Waals surface area (Å²) in [4.78, 5) is 12.2. The first-order valence-electron chi connectivity index (χ1n) is 7.61. The molecule has 3 heterocycles. The second kappa shape index (κ2) is 6.91. The van der Waals surface area contributed by atoms with Crippen molar-refractivity contribution in [1.82, 2.24) is 20.0 Å². The summed E-state index contributed by atoms with van der Waals surface area (Å²) in [5, 5.41) is 3.90. The summed E-state index contributed by atoms with van der Waals surface area (Å²) >= 11 is 0. The van der Waals surface area contributed by atoms with Gasteiger partial charge in [0.15, 0.2) is 5.82 Å². The lowest BCUT2D eigenvalue weighted by Gasteiger charge is -2.31. The van der Waals surface area contributed by atoms with Gasteiger partial charge in [0.25, 0.3) is 11.8 Å². The van der Waals surface area contributed by atoms with E-state index in [9.17, 15) is 4.39 Å². The highest BCUT2D eigenvalue weighted by atomic mass is 19.1. The van der Waals surface area contributed by atoms with Crippen molar-refractivity contribution < 1.29 is 13.7 Å². The van der Waals surface area contributed by atoms with E-state index in [4.69, 9.17) is 9.26 Å². The van der Waals surface area contributed by atoms with Crippen LogP contribution in [0.25, 0.3) is 0 Å². The maximum Gasteiger partial charge on any atom is 0.265 e. The van der Waals surface area contributed by atoms with Gasteiger partial charge >= 0.3 is 0 Å². The maximum atomic E-state index is 13.6. The first kappa shape index (κ1) is 15.7. The summed E-state index contributed by atoms with van der Waals surface area (Å²) in [5.74, 6) is 0.753. The average molecular weight is 321 g/mol. The van der Waals surface area contributed by atoms with E-state index in [0.717, 1.165) is 19.4 Å². The van der Waals surface area contributed by atoms with Crippen LogP contribution < -0.4 is 9.64 Å². The molecule has 0 N–H and O–H groups in total. The van der Waals surface area contributed by atoms with Gasteiger partial charge in [-0.2, -0.15) is 4.98 Å². The third kappa shape index (κ3) is 3.95. The topological polar surface area (TPSA) is 67.5 Å². The van der Waals surface area contributed by atoms with Crippen LogP contribution in [0.4, 0.5) is 10.3 Å². The number of piperidine rings is 1. The van der Waals surface area contributed by atoms with Crippen LogP contribution in [-0.4, -0.2) is 53.3 Å². The molecule has 1 aliphatic rings. The van der Waals surface area contributed by atoms with Crippen molar-refractivity contribution in [2.75, 3.05) is 32.1 Å². The molecule has 0 aromatic carbocycles. The van der Waals surface area contributed by atoms with E-state index in [0.29, 0.717) is 24.9 Å². The largest absolute Gasteiger partial charge is 0.471 e. The van der Waals surface area contributed by atoms with E-state index >= 15 is 0 Å². The molecular formula is C15H20FN5O2. The van der Waals surface area contributed by atoms with Crippen molar-refractivity contribution in [3.05, 3.63) is 30.0 Å². The molecule has 1 fully saturated rings. The molecule has 0 spiro atoms. The highest BCUT2D eigenvalue weighted by Gasteiger charge is 2.24. The molecule has 1 aliphatic heterocycles. The molecule has 1 saturated heterocycles. The van der Waals surface area contributed by atoms with Gasteiger partial charge in [-0.1, -0.05) is 0 Å². The molecule has 2 aromatic rings. The minimum atomic E-state index is -0.433. The standard InChI is InChI=1S/C15H20FN5O2/c1-20(2)15-18-13(23-19-15)10-21-8-4-5-11(9-21)22-14-12(16)6-3-7-17-14/h3,6-7,11H,4-5,8-10H2,1-2H3/t11-/m0/s1. The molecule has 7 nitrogen and oxygen atoms in total. The Morgan fingerprint density at radius 2 is 2.35 bits per heavy atom. The molecule has 2 aromatic heterocycles. The fourth-order valence-electron chi connectivity index (χ4n) is 2.55. The number of halogens is 1. The Hall–Kier alpha value is -2.22. The predicted octanol–water partition coefficient (Wildman–Crippen LogP) is 1.71. The van der Waals surface area contributed by atoms with Crippen molar-refractivity contribution >= 4 is 5.95 Å². The van der Waals surface area contributed by atoms with Gasteiger partial charge < -0.3 is 14.2 Å². The molecule has 0 amide bonds. The molecule has 0 radical (unpaired) electrons. The third-order valence-electron chi connectivity index (χ3n) is 3.68. The van der Waals surface area contributed by atoms with E-state index in [1.54, 1.807) is 11.0 Å². The van der Waals surface area contributed by atoms with Gasteiger partial charge in [0.1, 0.15) is 6.10 Å². The average Bonchev–Trinajstić information content (AvgIpc) is 2.99. The Balaban J connectivity index is 1.58. The number of anilines is 1. The summed E-state index contributed by atoms with van der Waals surface area (Å²) < 4.78 is 24.6. The number of hydrogen-bond acceptors (Lipinski definition) is 7. The summed E-state index contributed by atoms with van der Waals surface area (Å²) in [5.41, 5.74) is 0. The minimum absolute atomic E-state index is 0.0621. The number of ether oxygens (including phenoxy) is 1.